The van der Waals surface area contributed by atoms with E-state index in [1.54, 1.807) is 25.3 Å². The fourth-order valence-electron chi connectivity index (χ4n) is 2.74. The van der Waals surface area contributed by atoms with Crippen LogP contribution in [0.15, 0.2) is 18.2 Å². The van der Waals surface area contributed by atoms with Crippen LogP contribution in [-0.4, -0.2) is 36.9 Å². The first-order valence-corrected chi connectivity index (χ1v) is 8.43. The zero-order valence-electron chi connectivity index (χ0n) is 14.0. The summed E-state index contributed by atoms with van der Waals surface area (Å²) in [6.45, 7) is 2.75. The second-order valence-electron chi connectivity index (χ2n) is 6.05. The number of carbonyl (C=O) groups is 1. The van der Waals surface area contributed by atoms with Crippen molar-refractivity contribution in [2.45, 2.75) is 57.6 Å². The molecule has 1 aliphatic carbocycles. The Morgan fingerprint density at radius 1 is 1.26 bits per heavy atom. The highest BCUT2D eigenvalue weighted by Gasteiger charge is 2.21. The van der Waals surface area contributed by atoms with E-state index in [1.807, 2.05) is 0 Å². The van der Waals surface area contributed by atoms with Crippen LogP contribution in [0.25, 0.3) is 0 Å². The highest BCUT2D eigenvalue weighted by molar-refractivity contribution is 5.95. The molecule has 0 aromatic heterocycles. The van der Waals surface area contributed by atoms with Crippen LogP contribution in [0, 0.1) is 0 Å². The van der Waals surface area contributed by atoms with Crippen molar-refractivity contribution in [3.63, 3.8) is 0 Å². The van der Waals surface area contributed by atoms with Crippen LogP contribution in [0.3, 0.4) is 0 Å². The molecule has 2 N–H and O–H groups in total. The molecule has 0 radical (unpaired) electrons. The monoisotopic (exact) mass is 321 g/mol. The van der Waals surface area contributed by atoms with Crippen molar-refractivity contribution in [2.24, 2.45) is 0 Å². The lowest BCUT2D eigenvalue weighted by atomic mass is 9.93. The number of benzene rings is 1. The van der Waals surface area contributed by atoms with Gasteiger partial charge in [-0.25, -0.2) is 0 Å². The fraction of sp³-hybridized carbons (Fsp3) is 0.611. The van der Waals surface area contributed by atoms with E-state index in [9.17, 15) is 9.90 Å². The molecule has 0 heterocycles. The summed E-state index contributed by atoms with van der Waals surface area (Å²) in [5, 5.41) is 12.6. The molecule has 5 nitrogen and oxygen atoms in total. The van der Waals surface area contributed by atoms with Crippen molar-refractivity contribution in [1.82, 2.24) is 5.32 Å². The zero-order chi connectivity index (χ0) is 16.7. The van der Waals surface area contributed by atoms with Gasteiger partial charge < -0.3 is 19.9 Å². The third-order valence-electron chi connectivity index (χ3n) is 4.21. The summed E-state index contributed by atoms with van der Waals surface area (Å²) >= 11 is 0. The number of amides is 1. The SMILES string of the molecule is CCCCOc1ccc(C(=O)NC2CCC(O)CC2)cc1OC. The van der Waals surface area contributed by atoms with Gasteiger partial charge in [0.1, 0.15) is 0 Å². The predicted octanol–water partition coefficient (Wildman–Crippen LogP) is 2.91. The van der Waals surface area contributed by atoms with Gasteiger partial charge >= 0.3 is 0 Å². The first kappa shape index (κ1) is 17.6. The van der Waals surface area contributed by atoms with Crippen LogP contribution in [0.1, 0.15) is 55.8 Å². The predicted molar refractivity (Wildman–Crippen MR) is 89.1 cm³/mol. The molecule has 1 saturated carbocycles. The number of unbranched alkanes of at least 4 members (excludes halogenated alkanes) is 1. The highest BCUT2D eigenvalue weighted by atomic mass is 16.5. The standard InChI is InChI=1S/C18H27NO4/c1-3-4-11-23-16-10-5-13(12-17(16)22-2)18(21)19-14-6-8-15(20)9-7-14/h5,10,12,14-15,20H,3-4,6-9,11H2,1-2H3,(H,19,21). The number of aliphatic hydroxyl groups is 1. The van der Waals surface area contributed by atoms with Crippen molar-refractivity contribution < 1.29 is 19.4 Å². The van der Waals surface area contributed by atoms with E-state index in [0.29, 0.717) is 23.7 Å². The number of hydrogen-bond acceptors (Lipinski definition) is 4. The van der Waals surface area contributed by atoms with Crippen LogP contribution in [-0.2, 0) is 0 Å². The molecule has 2 rings (SSSR count). The lowest BCUT2D eigenvalue weighted by Gasteiger charge is -2.26. The first-order valence-electron chi connectivity index (χ1n) is 8.43. The molecule has 1 fully saturated rings. The number of methoxy groups -OCH3 is 1. The van der Waals surface area contributed by atoms with Crippen molar-refractivity contribution in [2.75, 3.05) is 13.7 Å². The minimum Gasteiger partial charge on any atom is -0.493 e. The minimum absolute atomic E-state index is 0.107. The van der Waals surface area contributed by atoms with Crippen LogP contribution in [0.5, 0.6) is 11.5 Å². The summed E-state index contributed by atoms with van der Waals surface area (Å²) < 4.78 is 11.0. The molecule has 0 saturated heterocycles. The molecular weight excluding hydrogens is 294 g/mol. The molecular formula is C18H27NO4. The Morgan fingerprint density at radius 2 is 2.00 bits per heavy atom. The van der Waals surface area contributed by atoms with Gasteiger partial charge in [0.25, 0.3) is 5.91 Å². The number of hydrogen-bond donors (Lipinski definition) is 2. The van der Waals surface area contributed by atoms with Gasteiger partial charge in [-0.2, -0.15) is 0 Å². The van der Waals surface area contributed by atoms with E-state index >= 15 is 0 Å². The van der Waals surface area contributed by atoms with Gasteiger partial charge in [-0.1, -0.05) is 13.3 Å². The summed E-state index contributed by atoms with van der Waals surface area (Å²) in [6.07, 6.45) is 4.97. The average Bonchev–Trinajstić information content (AvgIpc) is 2.57. The van der Waals surface area contributed by atoms with Gasteiger partial charge in [-0.15, -0.1) is 0 Å². The third kappa shape index (κ3) is 5.13. The average molecular weight is 321 g/mol. The van der Waals surface area contributed by atoms with E-state index in [2.05, 4.69) is 12.2 Å². The quantitative estimate of drug-likeness (QED) is 0.758. The molecule has 1 aromatic rings. The molecule has 0 atom stereocenters. The number of carbonyl (C=O) groups excluding carboxylic acids is 1. The molecule has 1 aliphatic rings. The van der Waals surface area contributed by atoms with E-state index in [4.69, 9.17) is 9.47 Å². The second-order valence-corrected chi connectivity index (χ2v) is 6.05. The highest BCUT2D eigenvalue weighted by Crippen LogP contribution is 2.28. The fourth-order valence-corrected chi connectivity index (χ4v) is 2.74. The number of aliphatic hydroxyl groups excluding tert-OH is 1. The Bertz CT molecular complexity index is 510. The smallest absolute Gasteiger partial charge is 0.251 e. The van der Waals surface area contributed by atoms with Crippen LogP contribution in [0.2, 0.25) is 0 Å². The lowest BCUT2D eigenvalue weighted by Crippen LogP contribution is -2.38. The second kappa shape index (κ2) is 8.77. The molecule has 0 unspecified atom stereocenters. The van der Waals surface area contributed by atoms with Crippen LogP contribution >= 0.6 is 0 Å². The Hall–Kier alpha value is -1.75. The van der Waals surface area contributed by atoms with E-state index in [-0.39, 0.29) is 18.1 Å². The van der Waals surface area contributed by atoms with Gasteiger partial charge in [-0.3, -0.25) is 4.79 Å². The van der Waals surface area contributed by atoms with E-state index < -0.39 is 0 Å². The lowest BCUT2D eigenvalue weighted by molar-refractivity contribution is 0.0867. The molecule has 128 valence electrons. The summed E-state index contributed by atoms with van der Waals surface area (Å²) in [5.41, 5.74) is 0.566. The van der Waals surface area contributed by atoms with Crippen LogP contribution in [0.4, 0.5) is 0 Å². The molecule has 23 heavy (non-hydrogen) atoms. The molecule has 0 spiro atoms. The van der Waals surface area contributed by atoms with E-state index in [1.165, 1.54) is 0 Å². The first-order chi connectivity index (χ1) is 11.1. The van der Waals surface area contributed by atoms with Crippen molar-refractivity contribution >= 4 is 5.91 Å². The Morgan fingerprint density at radius 3 is 2.65 bits per heavy atom. The zero-order valence-corrected chi connectivity index (χ0v) is 14.0. The maximum atomic E-state index is 12.4. The Labute approximate surface area is 138 Å². The van der Waals surface area contributed by atoms with Gasteiger partial charge in [0.15, 0.2) is 11.5 Å². The molecule has 1 amide bonds. The Kier molecular flexibility index (Phi) is 6.71. The van der Waals surface area contributed by atoms with E-state index in [0.717, 1.165) is 38.5 Å². The number of ether oxygens (including phenoxy) is 2. The van der Waals surface area contributed by atoms with Gasteiger partial charge in [0, 0.05) is 11.6 Å². The van der Waals surface area contributed by atoms with Gasteiger partial charge in [-0.05, 0) is 50.3 Å². The molecule has 1 aromatic carbocycles. The summed E-state index contributed by atoms with van der Waals surface area (Å²) in [4.78, 5) is 12.4. The van der Waals surface area contributed by atoms with Crippen molar-refractivity contribution in [1.29, 1.82) is 0 Å². The maximum Gasteiger partial charge on any atom is 0.251 e. The van der Waals surface area contributed by atoms with Gasteiger partial charge in [0.05, 0.1) is 19.8 Å². The minimum atomic E-state index is -0.220. The Balaban J connectivity index is 1.97. The van der Waals surface area contributed by atoms with Crippen molar-refractivity contribution in [3.05, 3.63) is 23.8 Å². The largest absolute Gasteiger partial charge is 0.493 e. The molecule has 0 aliphatic heterocycles. The topological polar surface area (TPSA) is 67.8 Å². The van der Waals surface area contributed by atoms with Crippen LogP contribution < -0.4 is 14.8 Å². The summed E-state index contributed by atoms with van der Waals surface area (Å²) in [5.74, 6) is 1.14. The number of nitrogens with one attached hydrogen (secondary N) is 1. The maximum absolute atomic E-state index is 12.4. The van der Waals surface area contributed by atoms with Gasteiger partial charge in [0.2, 0.25) is 0 Å². The number of rotatable bonds is 7. The molecule has 0 bridgehead atoms. The summed E-state index contributed by atoms with van der Waals surface area (Å²) in [7, 11) is 1.58. The van der Waals surface area contributed by atoms with Crippen molar-refractivity contribution in [3.8, 4) is 11.5 Å². The third-order valence-corrected chi connectivity index (χ3v) is 4.21. The molecule has 5 heteroatoms. The normalized spacial score (nSPS) is 20.8. The summed E-state index contributed by atoms with van der Waals surface area (Å²) in [6, 6.07) is 5.40.